The van der Waals surface area contributed by atoms with Gasteiger partial charge in [0.2, 0.25) is 0 Å². The second-order valence-corrected chi connectivity index (χ2v) is 6.41. The molecule has 1 unspecified atom stereocenters. The van der Waals surface area contributed by atoms with Gasteiger partial charge in [-0.25, -0.2) is 8.78 Å². The third kappa shape index (κ3) is 3.38. The Labute approximate surface area is 125 Å². The van der Waals surface area contributed by atoms with Gasteiger partial charge in [0.1, 0.15) is 11.6 Å². The molecule has 0 bridgehead atoms. The Bertz CT molecular complexity index is 471. The third-order valence-electron chi connectivity index (χ3n) is 4.13. The monoisotopic (exact) mass is 348 g/mol. The number of halogens is 3. The molecule has 0 spiro atoms. The summed E-state index contributed by atoms with van der Waals surface area (Å²) in [6, 6.07) is 2.45. The van der Waals surface area contributed by atoms with E-state index in [4.69, 9.17) is 0 Å². The Hall–Kier alpha value is -0.520. The highest BCUT2D eigenvalue weighted by molar-refractivity contribution is 9.10. The van der Waals surface area contributed by atoms with E-state index >= 15 is 0 Å². The van der Waals surface area contributed by atoms with Gasteiger partial charge in [0, 0.05) is 12.0 Å². The van der Waals surface area contributed by atoms with Crippen molar-refractivity contribution in [3.05, 3.63) is 33.8 Å². The number of benzene rings is 1. The van der Waals surface area contributed by atoms with E-state index in [0.717, 1.165) is 31.7 Å². The Kier molecular flexibility index (Phi) is 5.15. The molecule has 1 fully saturated rings. The van der Waals surface area contributed by atoms with Crippen molar-refractivity contribution < 1.29 is 19.0 Å². The topological polar surface area (TPSA) is 40.5 Å². The highest BCUT2D eigenvalue weighted by atomic mass is 79.9. The predicted molar refractivity (Wildman–Crippen MR) is 76.4 cm³/mol. The standard InChI is InChI=1S/C15H19BrF2O2/c16-11-5-6-12(17)10(14(11)18)9-13(19)15(20)7-3-1-2-4-8-15/h5-6,13,19-20H,1-4,7-9H2. The van der Waals surface area contributed by atoms with Gasteiger partial charge in [-0.3, -0.25) is 0 Å². The molecule has 1 aromatic carbocycles. The van der Waals surface area contributed by atoms with E-state index in [1.165, 1.54) is 6.07 Å². The minimum Gasteiger partial charge on any atom is -0.390 e. The Morgan fingerprint density at radius 3 is 2.35 bits per heavy atom. The molecule has 1 atom stereocenters. The van der Waals surface area contributed by atoms with Crippen LogP contribution in [0, 0.1) is 11.6 Å². The normalized spacial score (nSPS) is 20.4. The average molecular weight is 349 g/mol. The molecule has 20 heavy (non-hydrogen) atoms. The molecule has 0 saturated heterocycles. The van der Waals surface area contributed by atoms with Gasteiger partial charge in [-0.05, 0) is 40.9 Å². The molecule has 2 rings (SSSR count). The van der Waals surface area contributed by atoms with Crippen molar-refractivity contribution in [3.8, 4) is 0 Å². The summed E-state index contributed by atoms with van der Waals surface area (Å²) < 4.78 is 27.8. The largest absolute Gasteiger partial charge is 0.390 e. The highest BCUT2D eigenvalue weighted by Gasteiger charge is 2.36. The molecule has 0 aliphatic heterocycles. The first-order chi connectivity index (χ1) is 9.44. The SMILES string of the molecule is OC(Cc1c(F)ccc(Br)c1F)C1(O)CCCCCC1. The quantitative estimate of drug-likeness (QED) is 0.645. The van der Waals surface area contributed by atoms with E-state index in [0.29, 0.717) is 12.8 Å². The molecule has 112 valence electrons. The molecule has 5 heteroatoms. The van der Waals surface area contributed by atoms with Crippen LogP contribution in [0.1, 0.15) is 44.1 Å². The summed E-state index contributed by atoms with van der Waals surface area (Å²) in [5.74, 6) is -1.40. The van der Waals surface area contributed by atoms with Crippen LogP contribution in [0.15, 0.2) is 16.6 Å². The molecule has 1 aliphatic carbocycles. The van der Waals surface area contributed by atoms with Crippen LogP contribution < -0.4 is 0 Å². The Morgan fingerprint density at radius 1 is 1.15 bits per heavy atom. The summed E-state index contributed by atoms with van der Waals surface area (Å²) in [5, 5.41) is 20.8. The first kappa shape index (κ1) is 15.9. The minimum atomic E-state index is -1.24. The summed E-state index contributed by atoms with van der Waals surface area (Å²) in [4.78, 5) is 0. The minimum absolute atomic E-state index is 0.161. The van der Waals surface area contributed by atoms with E-state index in [2.05, 4.69) is 15.9 Å². The lowest BCUT2D eigenvalue weighted by atomic mass is 9.85. The zero-order valence-electron chi connectivity index (χ0n) is 11.2. The van der Waals surface area contributed by atoms with Gasteiger partial charge in [-0.15, -0.1) is 0 Å². The van der Waals surface area contributed by atoms with Crippen LogP contribution in [0.25, 0.3) is 0 Å². The molecule has 0 aromatic heterocycles. The average Bonchev–Trinajstić information content (AvgIpc) is 2.65. The first-order valence-electron chi connectivity index (χ1n) is 6.97. The van der Waals surface area contributed by atoms with Gasteiger partial charge in [0.05, 0.1) is 16.2 Å². The molecular formula is C15H19BrF2O2. The smallest absolute Gasteiger partial charge is 0.143 e. The summed E-state index contributed by atoms with van der Waals surface area (Å²) in [5.41, 5.74) is -1.41. The Morgan fingerprint density at radius 2 is 1.75 bits per heavy atom. The fourth-order valence-electron chi connectivity index (χ4n) is 2.81. The lowest BCUT2D eigenvalue weighted by Gasteiger charge is -2.32. The van der Waals surface area contributed by atoms with Crippen LogP contribution in [0.4, 0.5) is 8.78 Å². The summed E-state index contributed by atoms with van der Waals surface area (Å²) in [6.45, 7) is 0. The van der Waals surface area contributed by atoms with Crippen molar-refractivity contribution in [2.24, 2.45) is 0 Å². The maximum Gasteiger partial charge on any atom is 0.143 e. The lowest BCUT2D eigenvalue weighted by Crippen LogP contribution is -2.43. The number of rotatable bonds is 3. The van der Waals surface area contributed by atoms with Crippen LogP contribution >= 0.6 is 15.9 Å². The number of aliphatic hydroxyl groups is 2. The molecule has 1 saturated carbocycles. The van der Waals surface area contributed by atoms with E-state index in [-0.39, 0.29) is 16.5 Å². The van der Waals surface area contributed by atoms with Crippen LogP contribution in [-0.4, -0.2) is 21.9 Å². The molecule has 2 nitrogen and oxygen atoms in total. The third-order valence-corrected chi connectivity index (χ3v) is 4.74. The second kappa shape index (κ2) is 6.50. The van der Waals surface area contributed by atoms with E-state index < -0.39 is 23.3 Å². The molecule has 1 aliphatic rings. The first-order valence-corrected chi connectivity index (χ1v) is 7.76. The molecular weight excluding hydrogens is 330 g/mol. The fourth-order valence-corrected chi connectivity index (χ4v) is 3.18. The van der Waals surface area contributed by atoms with Crippen molar-refractivity contribution >= 4 is 15.9 Å². The van der Waals surface area contributed by atoms with Gasteiger partial charge in [0.15, 0.2) is 0 Å². The van der Waals surface area contributed by atoms with Crippen LogP contribution in [-0.2, 0) is 6.42 Å². The van der Waals surface area contributed by atoms with Crippen molar-refractivity contribution in [2.45, 2.75) is 56.7 Å². The van der Waals surface area contributed by atoms with Crippen molar-refractivity contribution in [3.63, 3.8) is 0 Å². The van der Waals surface area contributed by atoms with Gasteiger partial charge < -0.3 is 10.2 Å². The van der Waals surface area contributed by atoms with Gasteiger partial charge in [-0.1, -0.05) is 25.7 Å². The number of aliphatic hydroxyl groups excluding tert-OH is 1. The van der Waals surface area contributed by atoms with E-state index in [9.17, 15) is 19.0 Å². The van der Waals surface area contributed by atoms with Gasteiger partial charge >= 0.3 is 0 Å². The van der Waals surface area contributed by atoms with E-state index in [1.54, 1.807) is 0 Å². The van der Waals surface area contributed by atoms with Gasteiger partial charge in [0.25, 0.3) is 0 Å². The molecule has 1 aromatic rings. The van der Waals surface area contributed by atoms with E-state index in [1.807, 2.05) is 0 Å². The van der Waals surface area contributed by atoms with Gasteiger partial charge in [-0.2, -0.15) is 0 Å². The van der Waals surface area contributed by atoms with Crippen LogP contribution in [0.2, 0.25) is 0 Å². The summed E-state index contributed by atoms with van der Waals surface area (Å²) in [7, 11) is 0. The zero-order chi connectivity index (χ0) is 14.8. The molecule has 2 N–H and O–H groups in total. The number of hydrogen-bond acceptors (Lipinski definition) is 2. The maximum atomic E-state index is 13.9. The van der Waals surface area contributed by atoms with Crippen LogP contribution in [0.3, 0.4) is 0 Å². The maximum absolute atomic E-state index is 13.9. The summed E-state index contributed by atoms with van der Waals surface area (Å²) >= 11 is 3.01. The highest BCUT2D eigenvalue weighted by Crippen LogP contribution is 2.32. The Balaban J connectivity index is 2.18. The van der Waals surface area contributed by atoms with Crippen LogP contribution in [0.5, 0.6) is 0 Å². The van der Waals surface area contributed by atoms with Crippen molar-refractivity contribution in [2.75, 3.05) is 0 Å². The summed E-state index contributed by atoms with van der Waals surface area (Å²) in [6.07, 6.45) is 3.29. The molecule has 0 heterocycles. The molecule has 0 amide bonds. The second-order valence-electron chi connectivity index (χ2n) is 5.56. The molecule has 0 radical (unpaired) electrons. The van der Waals surface area contributed by atoms with Crippen molar-refractivity contribution in [1.29, 1.82) is 0 Å². The van der Waals surface area contributed by atoms with Crippen molar-refractivity contribution in [1.82, 2.24) is 0 Å². The fraction of sp³-hybridized carbons (Fsp3) is 0.600. The lowest BCUT2D eigenvalue weighted by molar-refractivity contribution is -0.0841. The predicted octanol–water partition coefficient (Wildman–Crippen LogP) is 3.72. The zero-order valence-corrected chi connectivity index (χ0v) is 12.8. The number of hydrogen-bond donors (Lipinski definition) is 2.